The highest BCUT2D eigenvalue weighted by atomic mass is 32.1. The summed E-state index contributed by atoms with van der Waals surface area (Å²) < 4.78 is 2.27. The standard InChI is InChI=1S/C10H12N4OS/c1-7-2-3-11-4-8(7)5-14-9(6-15)12-13-10(14)16/h2-4,15H,5-6H2,1H3,(H,13,16). The number of hydrogen-bond donors (Lipinski definition) is 2. The van der Waals surface area contributed by atoms with Crippen LogP contribution in [0.1, 0.15) is 17.0 Å². The van der Waals surface area contributed by atoms with E-state index in [-0.39, 0.29) is 6.61 Å². The molecule has 0 atom stereocenters. The summed E-state index contributed by atoms with van der Waals surface area (Å²) in [5.41, 5.74) is 2.21. The summed E-state index contributed by atoms with van der Waals surface area (Å²) in [6, 6.07) is 1.94. The van der Waals surface area contributed by atoms with Crippen molar-refractivity contribution < 1.29 is 5.11 Å². The average Bonchev–Trinajstić information content (AvgIpc) is 2.63. The van der Waals surface area contributed by atoms with E-state index in [4.69, 9.17) is 17.3 Å². The third-order valence-electron chi connectivity index (χ3n) is 2.45. The summed E-state index contributed by atoms with van der Waals surface area (Å²) >= 11 is 5.09. The molecule has 0 aliphatic carbocycles. The monoisotopic (exact) mass is 236 g/mol. The van der Waals surface area contributed by atoms with Gasteiger partial charge in [0.05, 0.1) is 6.54 Å². The van der Waals surface area contributed by atoms with Crippen molar-refractivity contribution in [1.82, 2.24) is 19.7 Å². The largest absolute Gasteiger partial charge is 0.388 e. The summed E-state index contributed by atoms with van der Waals surface area (Å²) in [6.45, 7) is 2.46. The fourth-order valence-electron chi connectivity index (χ4n) is 1.47. The first-order chi connectivity index (χ1) is 7.72. The molecule has 2 aromatic rings. The first-order valence-electron chi connectivity index (χ1n) is 4.87. The number of aromatic amines is 1. The highest BCUT2D eigenvalue weighted by Gasteiger charge is 2.06. The molecular formula is C10H12N4OS. The van der Waals surface area contributed by atoms with Crippen LogP contribution >= 0.6 is 12.2 Å². The molecule has 2 heterocycles. The van der Waals surface area contributed by atoms with Crippen LogP contribution in [0.25, 0.3) is 0 Å². The molecule has 84 valence electrons. The predicted octanol–water partition coefficient (Wildman–Crippen LogP) is 1.18. The number of hydrogen-bond acceptors (Lipinski definition) is 4. The molecular weight excluding hydrogens is 224 g/mol. The Kier molecular flexibility index (Phi) is 3.12. The second-order valence-electron chi connectivity index (χ2n) is 3.49. The highest BCUT2D eigenvalue weighted by Crippen LogP contribution is 2.09. The number of nitrogens with one attached hydrogen (secondary N) is 1. The summed E-state index contributed by atoms with van der Waals surface area (Å²) in [5.74, 6) is 0.535. The van der Waals surface area contributed by atoms with Crippen molar-refractivity contribution in [1.29, 1.82) is 0 Å². The van der Waals surface area contributed by atoms with Gasteiger partial charge in [-0.3, -0.25) is 14.6 Å². The maximum Gasteiger partial charge on any atom is 0.195 e. The van der Waals surface area contributed by atoms with Crippen molar-refractivity contribution in [3.63, 3.8) is 0 Å². The number of pyridine rings is 1. The van der Waals surface area contributed by atoms with Crippen molar-refractivity contribution >= 4 is 12.2 Å². The lowest BCUT2D eigenvalue weighted by molar-refractivity contribution is 0.265. The van der Waals surface area contributed by atoms with Gasteiger partial charge < -0.3 is 5.11 Å². The molecule has 0 unspecified atom stereocenters. The average molecular weight is 236 g/mol. The molecule has 0 radical (unpaired) electrons. The van der Waals surface area contributed by atoms with Crippen LogP contribution in [0, 0.1) is 11.7 Å². The molecule has 0 aliphatic heterocycles. The lowest BCUT2D eigenvalue weighted by Gasteiger charge is -2.07. The van der Waals surface area contributed by atoms with E-state index in [0.29, 0.717) is 17.1 Å². The summed E-state index contributed by atoms with van der Waals surface area (Å²) in [5, 5.41) is 15.7. The maximum absolute atomic E-state index is 9.11. The number of aliphatic hydroxyl groups is 1. The van der Waals surface area contributed by atoms with E-state index in [0.717, 1.165) is 11.1 Å². The summed E-state index contributed by atoms with van der Waals surface area (Å²) in [6.07, 6.45) is 3.55. The van der Waals surface area contributed by atoms with Gasteiger partial charge in [0.25, 0.3) is 0 Å². The van der Waals surface area contributed by atoms with Crippen LogP contribution in [0.5, 0.6) is 0 Å². The van der Waals surface area contributed by atoms with Gasteiger partial charge in [-0.2, -0.15) is 5.10 Å². The van der Waals surface area contributed by atoms with Crippen LogP contribution in [-0.2, 0) is 13.2 Å². The van der Waals surface area contributed by atoms with Crippen molar-refractivity contribution in [2.24, 2.45) is 0 Å². The summed E-state index contributed by atoms with van der Waals surface area (Å²) in [4.78, 5) is 4.07. The molecule has 0 saturated carbocycles. The minimum absolute atomic E-state index is 0.132. The number of aryl methyl sites for hydroxylation is 1. The normalized spacial score (nSPS) is 10.6. The number of aromatic nitrogens is 4. The zero-order valence-electron chi connectivity index (χ0n) is 8.84. The molecule has 0 fully saturated rings. The third kappa shape index (κ3) is 2.02. The molecule has 0 bridgehead atoms. The molecule has 2 N–H and O–H groups in total. The Balaban J connectivity index is 2.37. The Hall–Kier alpha value is -1.53. The van der Waals surface area contributed by atoms with Gasteiger partial charge in [0.2, 0.25) is 0 Å². The van der Waals surface area contributed by atoms with E-state index in [9.17, 15) is 0 Å². The molecule has 0 aliphatic rings. The lowest BCUT2D eigenvalue weighted by Crippen LogP contribution is -2.06. The van der Waals surface area contributed by atoms with Gasteiger partial charge in [0, 0.05) is 12.4 Å². The van der Waals surface area contributed by atoms with E-state index in [1.54, 1.807) is 17.0 Å². The Morgan fingerprint density at radius 2 is 2.38 bits per heavy atom. The van der Waals surface area contributed by atoms with E-state index in [2.05, 4.69) is 15.2 Å². The minimum Gasteiger partial charge on any atom is -0.388 e. The Morgan fingerprint density at radius 3 is 3.06 bits per heavy atom. The fraction of sp³-hybridized carbons (Fsp3) is 0.300. The molecule has 2 rings (SSSR count). The van der Waals surface area contributed by atoms with Crippen molar-refractivity contribution in [3.8, 4) is 0 Å². The van der Waals surface area contributed by atoms with E-state index in [1.807, 2.05) is 13.0 Å². The second kappa shape index (κ2) is 4.54. The highest BCUT2D eigenvalue weighted by molar-refractivity contribution is 7.71. The van der Waals surface area contributed by atoms with Gasteiger partial charge in [0.1, 0.15) is 6.61 Å². The third-order valence-corrected chi connectivity index (χ3v) is 2.77. The van der Waals surface area contributed by atoms with E-state index in [1.165, 1.54) is 0 Å². The number of rotatable bonds is 3. The molecule has 0 spiro atoms. The van der Waals surface area contributed by atoms with Crippen LogP contribution < -0.4 is 0 Å². The fourth-order valence-corrected chi connectivity index (χ4v) is 1.68. The second-order valence-corrected chi connectivity index (χ2v) is 3.88. The van der Waals surface area contributed by atoms with Gasteiger partial charge in [-0.25, -0.2) is 0 Å². The number of H-pyrrole nitrogens is 1. The minimum atomic E-state index is -0.132. The van der Waals surface area contributed by atoms with Gasteiger partial charge in [0.15, 0.2) is 10.6 Å². The zero-order valence-corrected chi connectivity index (χ0v) is 9.66. The van der Waals surface area contributed by atoms with Crippen LogP contribution in [0.3, 0.4) is 0 Å². The van der Waals surface area contributed by atoms with Crippen molar-refractivity contribution in [2.75, 3.05) is 0 Å². The predicted molar refractivity (Wildman–Crippen MR) is 61.4 cm³/mol. The van der Waals surface area contributed by atoms with Crippen LogP contribution in [0.4, 0.5) is 0 Å². The van der Waals surface area contributed by atoms with E-state index < -0.39 is 0 Å². The lowest BCUT2D eigenvalue weighted by atomic mass is 10.1. The molecule has 5 nitrogen and oxygen atoms in total. The van der Waals surface area contributed by atoms with Crippen LogP contribution in [-0.4, -0.2) is 24.9 Å². The Morgan fingerprint density at radius 1 is 1.56 bits per heavy atom. The topological polar surface area (TPSA) is 66.7 Å². The first-order valence-corrected chi connectivity index (χ1v) is 5.27. The Bertz CT molecular complexity index is 546. The quantitative estimate of drug-likeness (QED) is 0.785. The number of nitrogens with zero attached hydrogens (tertiary/aromatic N) is 3. The van der Waals surface area contributed by atoms with Crippen LogP contribution in [0.2, 0.25) is 0 Å². The number of aliphatic hydroxyl groups excluding tert-OH is 1. The first kappa shape index (κ1) is 11.0. The molecule has 0 aromatic carbocycles. The molecule has 6 heteroatoms. The zero-order chi connectivity index (χ0) is 11.5. The van der Waals surface area contributed by atoms with Crippen molar-refractivity contribution in [3.05, 3.63) is 40.2 Å². The van der Waals surface area contributed by atoms with Gasteiger partial charge in [-0.15, -0.1) is 0 Å². The SMILES string of the molecule is Cc1ccncc1Cn1c(CO)n[nH]c1=S. The van der Waals surface area contributed by atoms with Gasteiger partial charge in [-0.05, 0) is 36.3 Å². The van der Waals surface area contributed by atoms with E-state index >= 15 is 0 Å². The van der Waals surface area contributed by atoms with Crippen molar-refractivity contribution in [2.45, 2.75) is 20.1 Å². The van der Waals surface area contributed by atoms with Crippen LogP contribution in [0.15, 0.2) is 18.5 Å². The summed E-state index contributed by atoms with van der Waals surface area (Å²) in [7, 11) is 0. The smallest absolute Gasteiger partial charge is 0.195 e. The Labute approximate surface area is 97.8 Å². The molecule has 16 heavy (non-hydrogen) atoms. The van der Waals surface area contributed by atoms with Gasteiger partial charge in [-0.1, -0.05) is 0 Å². The molecule has 0 saturated heterocycles. The maximum atomic E-state index is 9.11. The molecule has 2 aromatic heterocycles. The molecule has 0 amide bonds. The van der Waals surface area contributed by atoms with Gasteiger partial charge >= 0.3 is 0 Å².